The molecule has 0 aromatic rings. The molecule has 0 heterocycles. The molecule has 4 heteroatoms. The van der Waals surface area contributed by atoms with Gasteiger partial charge in [0.05, 0.1) is 33.4 Å². The van der Waals surface area contributed by atoms with Crippen LogP contribution in [0.5, 0.6) is 0 Å². The molecule has 0 unspecified atom stereocenters. The number of likely N-dealkylation sites (N-methyl/N-ethyl adjacent to an activating group) is 1. The van der Waals surface area contributed by atoms with Gasteiger partial charge in [0.25, 0.3) is 0 Å². The van der Waals surface area contributed by atoms with Gasteiger partial charge < -0.3 is 14.0 Å². The summed E-state index contributed by atoms with van der Waals surface area (Å²) in [5.74, 6) is 0.730. The maximum atomic E-state index is 12.2. The van der Waals surface area contributed by atoms with Crippen molar-refractivity contribution in [3.63, 3.8) is 0 Å². The average Bonchev–Trinajstić information content (AvgIpc) is 2.94. The minimum Gasteiger partial charge on any atom is -0.462 e. The molecule has 164 valence electrons. The summed E-state index contributed by atoms with van der Waals surface area (Å²) in [6.45, 7) is 12.1. The molecule has 0 aromatic heterocycles. The third-order valence-corrected chi connectivity index (χ3v) is 8.05. The minimum absolute atomic E-state index is 0.0772. The molecule has 2 aliphatic carbocycles. The van der Waals surface area contributed by atoms with Crippen molar-refractivity contribution in [2.75, 3.05) is 40.4 Å². The molecule has 0 N–H and O–H groups in total. The number of ether oxygens (including phenoxy) is 2. The highest BCUT2D eigenvalue weighted by atomic mass is 16.5. The predicted molar refractivity (Wildman–Crippen MR) is 115 cm³/mol. The van der Waals surface area contributed by atoms with Crippen molar-refractivity contribution in [2.45, 2.75) is 91.6 Å². The van der Waals surface area contributed by atoms with Crippen LogP contribution in [0, 0.1) is 16.7 Å². The van der Waals surface area contributed by atoms with Crippen LogP contribution in [0.25, 0.3) is 0 Å². The summed E-state index contributed by atoms with van der Waals surface area (Å²) >= 11 is 0. The lowest BCUT2D eigenvalue weighted by molar-refractivity contribution is -0.883. The van der Waals surface area contributed by atoms with Crippen LogP contribution in [0.2, 0.25) is 0 Å². The summed E-state index contributed by atoms with van der Waals surface area (Å²) in [7, 11) is 4.20. The van der Waals surface area contributed by atoms with Crippen molar-refractivity contribution < 1.29 is 18.8 Å². The molecular formula is C24H46NO3+. The topological polar surface area (TPSA) is 35.5 Å². The summed E-state index contributed by atoms with van der Waals surface area (Å²) in [6, 6.07) is 0. The Labute approximate surface area is 173 Å². The van der Waals surface area contributed by atoms with E-state index >= 15 is 0 Å². The van der Waals surface area contributed by atoms with E-state index in [9.17, 15) is 4.79 Å². The van der Waals surface area contributed by atoms with E-state index in [4.69, 9.17) is 9.47 Å². The molecule has 0 spiro atoms. The fraction of sp³-hybridized carbons (Fsp3) is 0.958. The SMILES string of the molecule is CCCCCCCCOC(=O)C[N+](C)(C)CCO[C@H]1C[C@H]2CC[C@@]1(C)C2(C)C. The lowest BCUT2D eigenvalue weighted by atomic mass is 9.70. The lowest BCUT2D eigenvalue weighted by Gasteiger charge is -2.39. The van der Waals surface area contributed by atoms with Crippen molar-refractivity contribution in [3.05, 3.63) is 0 Å². The summed E-state index contributed by atoms with van der Waals surface area (Å²) in [5.41, 5.74) is 0.702. The zero-order valence-electron chi connectivity index (χ0n) is 19.5. The monoisotopic (exact) mass is 396 g/mol. The number of hydrogen-bond acceptors (Lipinski definition) is 3. The predicted octanol–water partition coefficient (Wildman–Crippen LogP) is 5.20. The number of quaternary nitrogens is 1. The van der Waals surface area contributed by atoms with Crippen LogP contribution >= 0.6 is 0 Å². The van der Waals surface area contributed by atoms with E-state index in [2.05, 4.69) is 41.8 Å². The molecule has 2 saturated carbocycles. The quantitative estimate of drug-likeness (QED) is 0.244. The number of nitrogens with zero attached hydrogens (tertiary/aromatic N) is 1. The largest absolute Gasteiger partial charge is 0.462 e. The van der Waals surface area contributed by atoms with Gasteiger partial charge in [0.1, 0.15) is 6.54 Å². The standard InChI is InChI=1S/C24H46NO3/c1-7-8-9-10-11-12-16-28-22(26)19-25(5,6)15-17-27-21-18-20-13-14-24(21,4)23(20,2)3/h20-21H,7-19H2,1-6H3/q+1/t20-,21+,24-/m1/s1. The van der Waals surface area contributed by atoms with Crippen LogP contribution in [0.3, 0.4) is 0 Å². The van der Waals surface area contributed by atoms with Gasteiger partial charge in [0.2, 0.25) is 0 Å². The molecule has 4 nitrogen and oxygen atoms in total. The second-order valence-electron chi connectivity index (χ2n) is 10.8. The van der Waals surface area contributed by atoms with E-state index in [0.717, 1.165) is 31.9 Å². The van der Waals surface area contributed by atoms with Crippen molar-refractivity contribution in [2.24, 2.45) is 16.7 Å². The summed E-state index contributed by atoms with van der Waals surface area (Å²) in [5, 5.41) is 0. The van der Waals surface area contributed by atoms with Gasteiger partial charge in [-0.15, -0.1) is 0 Å². The Hall–Kier alpha value is -0.610. The molecule has 2 fully saturated rings. The van der Waals surface area contributed by atoms with Gasteiger partial charge in [0, 0.05) is 0 Å². The van der Waals surface area contributed by atoms with Gasteiger partial charge in [-0.25, -0.2) is 4.79 Å². The first-order chi connectivity index (χ1) is 13.1. The fourth-order valence-electron chi connectivity index (χ4n) is 5.37. The van der Waals surface area contributed by atoms with Crippen LogP contribution in [0.4, 0.5) is 0 Å². The number of carbonyl (C=O) groups excluding carboxylic acids is 1. The molecule has 0 amide bonds. The zero-order valence-corrected chi connectivity index (χ0v) is 19.5. The van der Waals surface area contributed by atoms with Crippen molar-refractivity contribution >= 4 is 5.97 Å². The summed E-state index contributed by atoms with van der Waals surface area (Å²) in [4.78, 5) is 12.2. The summed E-state index contributed by atoms with van der Waals surface area (Å²) < 4.78 is 12.5. The van der Waals surface area contributed by atoms with Gasteiger partial charge >= 0.3 is 5.97 Å². The van der Waals surface area contributed by atoms with Gasteiger partial charge in [-0.3, -0.25) is 0 Å². The van der Waals surface area contributed by atoms with Crippen molar-refractivity contribution in [3.8, 4) is 0 Å². The van der Waals surface area contributed by atoms with Crippen LogP contribution in [-0.2, 0) is 14.3 Å². The van der Waals surface area contributed by atoms with E-state index in [0.29, 0.717) is 34.6 Å². The lowest BCUT2D eigenvalue weighted by Crippen LogP contribution is -2.47. The van der Waals surface area contributed by atoms with E-state index in [1.54, 1.807) is 0 Å². The first-order valence-electron chi connectivity index (χ1n) is 11.7. The molecule has 0 radical (unpaired) electrons. The van der Waals surface area contributed by atoms with E-state index < -0.39 is 0 Å². The number of unbranched alkanes of at least 4 members (excludes halogenated alkanes) is 5. The molecule has 2 rings (SSSR count). The van der Waals surface area contributed by atoms with Gasteiger partial charge in [-0.2, -0.15) is 0 Å². The molecular weight excluding hydrogens is 350 g/mol. The Bertz CT molecular complexity index is 502. The molecule has 0 saturated heterocycles. The molecule has 2 aliphatic rings. The van der Waals surface area contributed by atoms with E-state index in [-0.39, 0.29) is 5.97 Å². The van der Waals surface area contributed by atoms with Crippen LogP contribution in [0.1, 0.15) is 85.5 Å². The second-order valence-corrected chi connectivity index (χ2v) is 10.8. The Morgan fingerprint density at radius 3 is 2.32 bits per heavy atom. The maximum Gasteiger partial charge on any atom is 0.361 e. The highest BCUT2D eigenvalue weighted by Crippen LogP contribution is 2.66. The smallest absolute Gasteiger partial charge is 0.361 e. The first kappa shape index (κ1) is 23.7. The number of carbonyl (C=O) groups is 1. The minimum atomic E-state index is -0.0772. The Kier molecular flexibility index (Phi) is 8.39. The maximum absolute atomic E-state index is 12.2. The van der Waals surface area contributed by atoms with Crippen LogP contribution < -0.4 is 0 Å². The van der Waals surface area contributed by atoms with Gasteiger partial charge in [-0.1, -0.05) is 59.8 Å². The Morgan fingerprint density at radius 2 is 1.71 bits per heavy atom. The summed E-state index contributed by atoms with van der Waals surface area (Å²) in [6.07, 6.45) is 11.5. The third kappa shape index (κ3) is 5.72. The highest BCUT2D eigenvalue weighted by molar-refractivity contribution is 5.70. The second kappa shape index (κ2) is 9.93. The number of hydrogen-bond donors (Lipinski definition) is 0. The third-order valence-electron chi connectivity index (χ3n) is 8.05. The van der Waals surface area contributed by atoms with E-state index in [1.807, 2.05) is 0 Å². The molecule has 28 heavy (non-hydrogen) atoms. The fourth-order valence-corrected chi connectivity index (χ4v) is 5.37. The number of rotatable bonds is 13. The van der Waals surface area contributed by atoms with Crippen molar-refractivity contribution in [1.29, 1.82) is 0 Å². The zero-order chi connectivity index (χ0) is 20.8. The normalized spacial score (nSPS) is 28.6. The van der Waals surface area contributed by atoms with E-state index in [1.165, 1.54) is 44.9 Å². The van der Waals surface area contributed by atoms with Crippen LogP contribution in [0.15, 0.2) is 0 Å². The Morgan fingerprint density at radius 1 is 1.04 bits per heavy atom. The molecule has 2 bridgehead atoms. The first-order valence-corrected chi connectivity index (χ1v) is 11.7. The van der Waals surface area contributed by atoms with Crippen molar-refractivity contribution in [1.82, 2.24) is 0 Å². The van der Waals surface area contributed by atoms with Gasteiger partial charge in [-0.05, 0) is 42.4 Å². The average molecular weight is 397 g/mol. The Balaban J connectivity index is 1.61. The number of esters is 1. The molecule has 3 atom stereocenters. The molecule has 0 aromatic carbocycles. The molecule has 0 aliphatic heterocycles. The van der Waals surface area contributed by atoms with Crippen LogP contribution in [-0.4, -0.2) is 57.0 Å². The number of fused-ring (bicyclic) bond motifs is 2. The highest BCUT2D eigenvalue weighted by Gasteiger charge is 2.61. The van der Waals surface area contributed by atoms with Gasteiger partial charge in [0.15, 0.2) is 6.54 Å².